The maximum absolute atomic E-state index is 11.0. The predicted octanol–water partition coefficient (Wildman–Crippen LogP) is 2.25. The van der Waals surface area contributed by atoms with Crippen molar-refractivity contribution in [3.63, 3.8) is 0 Å². The summed E-state index contributed by atoms with van der Waals surface area (Å²) in [5.41, 5.74) is 0.767. The standard InChI is InChI=1S/C15H21NO3S.C3H6N2O2/c1-12(19-2)7-6-10-15(16-20(17)18)11-14(15)13-8-4-3-5-9-13;1-4-3(7)5-2-6/h3-5,8-9,12,14H,6-7,10-11H2,1-2H3;2H,1H3,(H2,4,5,6,7). The van der Waals surface area contributed by atoms with Crippen molar-refractivity contribution >= 4 is 22.9 Å². The number of nitrogens with zero attached hydrogens (tertiary/aromatic N) is 1. The number of benzene rings is 1. The number of rotatable bonds is 8. The summed E-state index contributed by atoms with van der Waals surface area (Å²) >= 11 is 0. The van der Waals surface area contributed by atoms with Crippen LogP contribution >= 0.6 is 0 Å². The van der Waals surface area contributed by atoms with Crippen LogP contribution in [0.25, 0.3) is 0 Å². The van der Waals surface area contributed by atoms with Crippen molar-refractivity contribution in [1.82, 2.24) is 10.6 Å². The lowest BCUT2D eigenvalue weighted by atomic mass is 10.0. The molecule has 0 heterocycles. The zero-order valence-corrected chi connectivity index (χ0v) is 16.7. The van der Waals surface area contributed by atoms with Crippen molar-refractivity contribution in [3.05, 3.63) is 35.9 Å². The Morgan fingerprint density at radius 3 is 2.56 bits per heavy atom. The zero-order valence-electron chi connectivity index (χ0n) is 15.8. The molecule has 27 heavy (non-hydrogen) atoms. The van der Waals surface area contributed by atoms with Crippen molar-refractivity contribution < 1.29 is 22.7 Å². The molecule has 1 aromatic rings. The highest BCUT2D eigenvalue weighted by atomic mass is 32.2. The molecule has 150 valence electrons. The van der Waals surface area contributed by atoms with E-state index in [0.717, 1.165) is 25.7 Å². The molecule has 3 amide bonds. The SMILES string of the molecule is CNC(=O)NC=O.COC(C)CCCC1(N=S(=O)=O)CC1c1ccccc1. The van der Waals surface area contributed by atoms with Crippen LogP contribution in [0.3, 0.4) is 0 Å². The molecule has 2 rings (SSSR count). The fraction of sp³-hybridized carbons (Fsp3) is 0.556. The van der Waals surface area contributed by atoms with Crippen LogP contribution in [0.15, 0.2) is 34.7 Å². The normalized spacial score (nSPS) is 21.1. The van der Waals surface area contributed by atoms with Crippen LogP contribution in [0.2, 0.25) is 0 Å². The second kappa shape index (κ2) is 11.5. The summed E-state index contributed by atoms with van der Waals surface area (Å²) in [5, 5.41) is 4.05. The Morgan fingerprint density at radius 2 is 2.07 bits per heavy atom. The van der Waals surface area contributed by atoms with Crippen LogP contribution in [-0.2, 0) is 20.0 Å². The quantitative estimate of drug-likeness (QED) is 0.653. The lowest BCUT2D eigenvalue weighted by Gasteiger charge is -2.13. The number of carbonyl (C=O) groups is 2. The number of carbonyl (C=O) groups excluding carboxylic acids is 2. The molecule has 0 bridgehead atoms. The first-order valence-electron chi connectivity index (χ1n) is 8.70. The van der Waals surface area contributed by atoms with Gasteiger partial charge in [0.2, 0.25) is 6.41 Å². The van der Waals surface area contributed by atoms with E-state index in [2.05, 4.69) is 9.68 Å². The van der Waals surface area contributed by atoms with Gasteiger partial charge < -0.3 is 10.1 Å². The van der Waals surface area contributed by atoms with Gasteiger partial charge in [0, 0.05) is 20.1 Å². The minimum absolute atomic E-state index is 0.207. The monoisotopic (exact) mass is 397 g/mol. The molecule has 3 atom stereocenters. The summed E-state index contributed by atoms with van der Waals surface area (Å²) in [6.07, 6.45) is 4.01. The summed E-state index contributed by atoms with van der Waals surface area (Å²) < 4.78 is 31.2. The number of amides is 3. The van der Waals surface area contributed by atoms with Gasteiger partial charge in [0.25, 0.3) is 0 Å². The van der Waals surface area contributed by atoms with Gasteiger partial charge in [-0.3, -0.25) is 10.1 Å². The molecule has 1 aliphatic rings. The third-order valence-corrected chi connectivity index (χ3v) is 5.06. The maximum Gasteiger partial charge on any atom is 0.320 e. The van der Waals surface area contributed by atoms with E-state index < -0.39 is 22.1 Å². The van der Waals surface area contributed by atoms with Gasteiger partial charge in [0.15, 0.2) is 0 Å². The van der Waals surface area contributed by atoms with E-state index in [9.17, 15) is 18.0 Å². The number of nitrogens with one attached hydrogen (secondary N) is 2. The molecule has 0 aromatic heterocycles. The molecule has 1 saturated carbocycles. The first kappa shape index (κ1) is 22.8. The number of imide groups is 1. The lowest BCUT2D eigenvalue weighted by molar-refractivity contribution is -0.108. The van der Waals surface area contributed by atoms with E-state index in [4.69, 9.17) is 4.74 Å². The number of urea groups is 1. The third-order valence-electron chi connectivity index (χ3n) is 4.54. The van der Waals surface area contributed by atoms with Crippen molar-refractivity contribution in [3.8, 4) is 0 Å². The van der Waals surface area contributed by atoms with Crippen LogP contribution in [0.1, 0.15) is 44.1 Å². The van der Waals surface area contributed by atoms with Crippen LogP contribution in [0.4, 0.5) is 4.79 Å². The molecular weight excluding hydrogens is 370 g/mol. The van der Waals surface area contributed by atoms with Gasteiger partial charge in [-0.1, -0.05) is 30.3 Å². The molecular formula is C18H27N3O5S. The second-order valence-corrected chi connectivity index (χ2v) is 6.98. The minimum Gasteiger partial charge on any atom is -0.382 e. The Morgan fingerprint density at radius 1 is 1.41 bits per heavy atom. The maximum atomic E-state index is 11.0. The van der Waals surface area contributed by atoms with Gasteiger partial charge in [-0.05, 0) is 38.2 Å². The molecule has 1 aliphatic carbocycles. The zero-order chi connectivity index (χ0) is 20.3. The highest BCUT2D eigenvalue weighted by Crippen LogP contribution is 2.57. The molecule has 1 fully saturated rings. The number of hydrogen-bond donors (Lipinski definition) is 2. The first-order valence-corrected chi connectivity index (χ1v) is 9.73. The largest absolute Gasteiger partial charge is 0.382 e. The van der Waals surface area contributed by atoms with Gasteiger partial charge in [0.1, 0.15) is 0 Å². The van der Waals surface area contributed by atoms with E-state index in [-0.39, 0.29) is 12.0 Å². The van der Waals surface area contributed by atoms with E-state index in [0.29, 0.717) is 6.41 Å². The molecule has 0 spiro atoms. The molecule has 8 nitrogen and oxygen atoms in total. The van der Waals surface area contributed by atoms with Gasteiger partial charge in [-0.25, -0.2) is 4.79 Å². The van der Waals surface area contributed by atoms with Gasteiger partial charge >= 0.3 is 16.5 Å². The summed E-state index contributed by atoms with van der Waals surface area (Å²) in [7, 11) is 0.786. The number of hydrogen-bond acceptors (Lipinski definition) is 6. The molecule has 0 saturated heterocycles. The van der Waals surface area contributed by atoms with Gasteiger partial charge in [-0.15, -0.1) is 0 Å². The first-order chi connectivity index (χ1) is 12.9. The molecule has 1 aromatic carbocycles. The summed E-state index contributed by atoms with van der Waals surface area (Å²) in [6.45, 7) is 2.02. The van der Waals surface area contributed by atoms with E-state index in [1.54, 1.807) is 7.11 Å². The minimum atomic E-state index is -2.34. The highest BCUT2D eigenvalue weighted by molar-refractivity contribution is 7.61. The Bertz CT molecular complexity index is 731. The fourth-order valence-electron chi connectivity index (χ4n) is 2.92. The van der Waals surface area contributed by atoms with E-state index in [1.165, 1.54) is 12.6 Å². The van der Waals surface area contributed by atoms with Gasteiger partial charge in [-0.2, -0.15) is 12.8 Å². The fourth-order valence-corrected chi connectivity index (χ4v) is 3.51. The second-order valence-electron chi connectivity index (χ2n) is 6.36. The topological polar surface area (TPSA) is 114 Å². The smallest absolute Gasteiger partial charge is 0.320 e. The molecule has 0 radical (unpaired) electrons. The summed E-state index contributed by atoms with van der Waals surface area (Å²) in [4.78, 5) is 19.4. The lowest BCUT2D eigenvalue weighted by Crippen LogP contribution is -2.31. The molecule has 2 N–H and O–H groups in total. The summed E-state index contributed by atoms with van der Waals surface area (Å²) in [5.74, 6) is 0.236. The van der Waals surface area contributed by atoms with Crippen LogP contribution < -0.4 is 10.6 Å². The Hall–Kier alpha value is -2.26. The number of ether oxygens (including phenoxy) is 1. The summed E-state index contributed by atoms with van der Waals surface area (Å²) in [6, 6.07) is 9.55. The van der Waals surface area contributed by atoms with Crippen molar-refractivity contribution in [1.29, 1.82) is 0 Å². The number of methoxy groups -OCH3 is 1. The average molecular weight is 397 g/mol. The molecule has 0 aliphatic heterocycles. The molecule has 3 unspecified atom stereocenters. The van der Waals surface area contributed by atoms with E-state index in [1.807, 2.05) is 42.6 Å². The Kier molecular flexibility index (Phi) is 9.66. The van der Waals surface area contributed by atoms with Crippen molar-refractivity contribution in [2.75, 3.05) is 14.2 Å². The Labute approximate surface area is 161 Å². The molecule has 9 heteroatoms. The van der Waals surface area contributed by atoms with Crippen molar-refractivity contribution in [2.24, 2.45) is 4.36 Å². The van der Waals surface area contributed by atoms with Gasteiger partial charge in [0.05, 0.1) is 11.6 Å². The van der Waals surface area contributed by atoms with Crippen molar-refractivity contribution in [2.45, 2.75) is 50.2 Å². The van der Waals surface area contributed by atoms with Crippen LogP contribution in [0.5, 0.6) is 0 Å². The van der Waals surface area contributed by atoms with E-state index >= 15 is 0 Å². The highest BCUT2D eigenvalue weighted by Gasteiger charge is 2.55. The Balaban J connectivity index is 0.000000445. The predicted molar refractivity (Wildman–Crippen MR) is 102 cm³/mol. The van der Waals surface area contributed by atoms with Crippen LogP contribution in [0, 0.1) is 0 Å². The average Bonchev–Trinajstić information content (AvgIpc) is 3.35. The van der Waals surface area contributed by atoms with Crippen LogP contribution in [-0.4, -0.2) is 46.7 Å². The third kappa shape index (κ3) is 7.88.